The van der Waals surface area contributed by atoms with Gasteiger partial charge in [0, 0.05) is 12.7 Å². The number of hydrogen-bond donors (Lipinski definition) is 2. The topological polar surface area (TPSA) is 110 Å². The van der Waals surface area contributed by atoms with E-state index in [4.69, 9.17) is 23.2 Å². The van der Waals surface area contributed by atoms with Gasteiger partial charge in [-0.25, -0.2) is 16.8 Å². The number of sulfonamides is 2. The molecule has 2 N–H and O–H groups in total. The van der Waals surface area contributed by atoms with Crippen LogP contribution >= 0.6 is 23.2 Å². The number of halogens is 2. The normalized spacial score (nSPS) is 12.0. The minimum absolute atomic E-state index is 0.0507. The standard InChI is InChI=1S/C18H18Cl2N4O4S2/c1-11-18(12(2)24(3)21-11)30(27,28)22-13-4-7-15(8-5-13)29(25,26)23-14-6-9-16(19)17(20)10-14/h4-10,22-23H,1-3H3. The highest BCUT2D eigenvalue weighted by molar-refractivity contribution is 7.93. The molecular formula is C18H18Cl2N4O4S2. The molecule has 30 heavy (non-hydrogen) atoms. The summed E-state index contributed by atoms with van der Waals surface area (Å²) < 4.78 is 56.9. The second-order valence-corrected chi connectivity index (χ2v) is 10.6. The highest BCUT2D eigenvalue weighted by atomic mass is 35.5. The van der Waals surface area contributed by atoms with Crippen LogP contribution in [0.3, 0.4) is 0 Å². The SMILES string of the molecule is Cc1nn(C)c(C)c1S(=O)(=O)Nc1ccc(S(=O)(=O)Nc2ccc(Cl)c(Cl)c2)cc1. The van der Waals surface area contributed by atoms with Crippen molar-refractivity contribution in [1.29, 1.82) is 0 Å². The van der Waals surface area contributed by atoms with Gasteiger partial charge in [-0.15, -0.1) is 0 Å². The van der Waals surface area contributed by atoms with Crippen LogP contribution in [0.2, 0.25) is 10.0 Å². The molecule has 0 fully saturated rings. The van der Waals surface area contributed by atoms with Crippen LogP contribution in [-0.2, 0) is 27.1 Å². The van der Waals surface area contributed by atoms with Gasteiger partial charge in [0.1, 0.15) is 4.90 Å². The lowest BCUT2D eigenvalue weighted by atomic mass is 10.3. The molecule has 1 aromatic heterocycles. The fraction of sp³-hybridized carbons (Fsp3) is 0.167. The summed E-state index contributed by atoms with van der Waals surface area (Å²) in [6, 6.07) is 9.66. The number of aryl methyl sites for hydroxylation is 2. The smallest absolute Gasteiger partial charge is 0.265 e. The zero-order valence-electron chi connectivity index (χ0n) is 16.1. The van der Waals surface area contributed by atoms with E-state index in [1.165, 1.54) is 47.1 Å². The van der Waals surface area contributed by atoms with Crippen LogP contribution in [0.5, 0.6) is 0 Å². The Balaban J connectivity index is 1.82. The van der Waals surface area contributed by atoms with E-state index in [1.54, 1.807) is 20.9 Å². The van der Waals surface area contributed by atoms with Crippen LogP contribution < -0.4 is 9.44 Å². The van der Waals surface area contributed by atoms with E-state index in [0.29, 0.717) is 16.4 Å². The highest BCUT2D eigenvalue weighted by Crippen LogP contribution is 2.27. The second kappa shape index (κ2) is 8.10. The Morgan fingerprint density at radius 2 is 1.40 bits per heavy atom. The molecule has 0 saturated carbocycles. The van der Waals surface area contributed by atoms with Crippen molar-refractivity contribution >= 4 is 54.6 Å². The van der Waals surface area contributed by atoms with Crippen molar-refractivity contribution in [3.63, 3.8) is 0 Å². The first kappa shape index (κ1) is 22.4. The predicted molar refractivity (Wildman–Crippen MR) is 117 cm³/mol. The van der Waals surface area contributed by atoms with Gasteiger partial charge in [-0.05, 0) is 56.3 Å². The minimum Gasteiger partial charge on any atom is -0.280 e. The molecule has 12 heteroatoms. The van der Waals surface area contributed by atoms with E-state index in [0.717, 1.165) is 0 Å². The Hall–Kier alpha value is -2.27. The quantitative estimate of drug-likeness (QED) is 0.545. The van der Waals surface area contributed by atoms with E-state index >= 15 is 0 Å². The summed E-state index contributed by atoms with van der Waals surface area (Å²) in [5.74, 6) is 0. The Morgan fingerprint density at radius 3 is 1.93 bits per heavy atom. The van der Waals surface area contributed by atoms with Crippen molar-refractivity contribution in [2.24, 2.45) is 7.05 Å². The third-order valence-corrected chi connectivity index (χ3v) is 8.07. The molecule has 160 valence electrons. The maximum atomic E-state index is 12.7. The summed E-state index contributed by atoms with van der Waals surface area (Å²) >= 11 is 11.7. The summed E-state index contributed by atoms with van der Waals surface area (Å²) in [6.45, 7) is 3.25. The summed E-state index contributed by atoms with van der Waals surface area (Å²) in [5, 5.41) is 4.62. The Bertz CT molecular complexity index is 1320. The number of rotatable bonds is 6. The first-order chi connectivity index (χ1) is 13.9. The lowest BCUT2D eigenvalue weighted by molar-refractivity contribution is 0.599. The number of hydrogen-bond acceptors (Lipinski definition) is 5. The van der Waals surface area contributed by atoms with Gasteiger partial charge in [-0.3, -0.25) is 14.1 Å². The number of benzene rings is 2. The van der Waals surface area contributed by atoms with Gasteiger partial charge in [0.15, 0.2) is 0 Å². The van der Waals surface area contributed by atoms with Crippen LogP contribution in [0.15, 0.2) is 52.3 Å². The van der Waals surface area contributed by atoms with Crippen molar-refractivity contribution < 1.29 is 16.8 Å². The number of nitrogens with zero attached hydrogens (tertiary/aromatic N) is 2. The monoisotopic (exact) mass is 488 g/mol. The van der Waals surface area contributed by atoms with Crippen LogP contribution in [0.4, 0.5) is 11.4 Å². The van der Waals surface area contributed by atoms with Crippen molar-refractivity contribution in [1.82, 2.24) is 9.78 Å². The first-order valence-electron chi connectivity index (χ1n) is 8.51. The van der Waals surface area contributed by atoms with Gasteiger partial charge in [-0.1, -0.05) is 23.2 Å². The van der Waals surface area contributed by atoms with Gasteiger partial charge in [0.05, 0.1) is 32.0 Å². The Kier molecular flexibility index (Phi) is 6.06. The maximum absolute atomic E-state index is 12.7. The first-order valence-corrected chi connectivity index (χ1v) is 12.2. The van der Waals surface area contributed by atoms with Crippen molar-refractivity contribution in [2.45, 2.75) is 23.6 Å². The predicted octanol–water partition coefficient (Wildman–Crippen LogP) is 3.95. The molecule has 0 bridgehead atoms. The third-order valence-electron chi connectivity index (χ3n) is 4.30. The van der Waals surface area contributed by atoms with Crippen molar-refractivity contribution in [2.75, 3.05) is 9.44 Å². The molecule has 0 amide bonds. The van der Waals surface area contributed by atoms with Crippen molar-refractivity contribution in [3.8, 4) is 0 Å². The van der Waals surface area contributed by atoms with Crippen molar-refractivity contribution in [3.05, 3.63) is 63.9 Å². The molecule has 1 heterocycles. The van der Waals surface area contributed by atoms with Crippen LogP contribution in [-0.4, -0.2) is 26.6 Å². The van der Waals surface area contributed by atoms with Gasteiger partial charge < -0.3 is 0 Å². The molecule has 0 aliphatic carbocycles. The van der Waals surface area contributed by atoms with E-state index in [9.17, 15) is 16.8 Å². The van der Waals surface area contributed by atoms with Gasteiger partial charge >= 0.3 is 0 Å². The van der Waals surface area contributed by atoms with Gasteiger partial charge in [-0.2, -0.15) is 5.10 Å². The average Bonchev–Trinajstić information content (AvgIpc) is 2.90. The largest absolute Gasteiger partial charge is 0.280 e. The lowest BCUT2D eigenvalue weighted by Crippen LogP contribution is -2.16. The van der Waals surface area contributed by atoms with Gasteiger partial charge in [0.25, 0.3) is 20.0 Å². The molecule has 8 nitrogen and oxygen atoms in total. The van der Waals surface area contributed by atoms with Gasteiger partial charge in [0.2, 0.25) is 0 Å². The average molecular weight is 489 g/mol. The molecule has 3 aromatic rings. The zero-order valence-corrected chi connectivity index (χ0v) is 19.3. The number of anilines is 2. The van der Waals surface area contributed by atoms with E-state index in [-0.39, 0.29) is 26.2 Å². The molecule has 0 unspecified atom stereocenters. The lowest BCUT2D eigenvalue weighted by Gasteiger charge is -2.11. The minimum atomic E-state index is -3.91. The molecule has 0 spiro atoms. The fourth-order valence-corrected chi connectivity index (χ4v) is 5.67. The molecule has 3 rings (SSSR count). The second-order valence-electron chi connectivity index (χ2n) is 6.49. The fourth-order valence-electron chi connectivity index (χ4n) is 2.83. The summed E-state index contributed by atoms with van der Waals surface area (Å²) in [5.41, 5.74) is 1.32. The molecule has 0 atom stereocenters. The number of nitrogens with one attached hydrogen (secondary N) is 2. The summed E-state index contributed by atoms with van der Waals surface area (Å²) in [7, 11) is -6.14. The zero-order chi connectivity index (χ0) is 22.3. The molecule has 0 saturated heterocycles. The molecule has 2 aromatic carbocycles. The third kappa shape index (κ3) is 4.56. The van der Waals surface area contributed by atoms with E-state index in [2.05, 4.69) is 14.5 Å². The maximum Gasteiger partial charge on any atom is 0.265 e. The molecule has 0 aliphatic rings. The summed E-state index contributed by atoms with van der Waals surface area (Å²) in [6.07, 6.45) is 0. The van der Waals surface area contributed by atoms with Crippen LogP contribution in [0.1, 0.15) is 11.4 Å². The van der Waals surface area contributed by atoms with Crippen LogP contribution in [0, 0.1) is 13.8 Å². The van der Waals surface area contributed by atoms with Crippen LogP contribution in [0.25, 0.3) is 0 Å². The Morgan fingerprint density at radius 1 is 0.833 bits per heavy atom. The number of aromatic nitrogens is 2. The molecule has 0 radical (unpaired) electrons. The highest BCUT2D eigenvalue weighted by Gasteiger charge is 2.24. The summed E-state index contributed by atoms with van der Waals surface area (Å²) in [4.78, 5) is 0.0354. The van der Waals surface area contributed by atoms with E-state index in [1.807, 2.05) is 0 Å². The van der Waals surface area contributed by atoms with E-state index < -0.39 is 20.0 Å². The Labute approximate surface area is 184 Å². The molecular weight excluding hydrogens is 471 g/mol. The molecule has 0 aliphatic heterocycles.